The van der Waals surface area contributed by atoms with Crippen molar-refractivity contribution >= 4 is 6.09 Å². The van der Waals surface area contributed by atoms with Crippen LogP contribution in [0.5, 0.6) is 0 Å². The van der Waals surface area contributed by atoms with Crippen LogP contribution in [0, 0.1) is 0 Å². The van der Waals surface area contributed by atoms with E-state index in [9.17, 15) is 4.79 Å². The molecule has 0 saturated carbocycles. The van der Waals surface area contributed by atoms with E-state index in [0.717, 1.165) is 25.7 Å². The fourth-order valence-corrected chi connectivity index (χ4v) is 2.67. The minimum Gasteiger partial charge on any atom is -0.420 e. The second kappa shape index (κ2) is 4.39. The van der Waals surface area contributed by atoms with E-state index >= 15 is 0 Å². The lowest BCUT2D eigenvalue weighted by Gasteiger charge is -2.34. The van der Waals surface area contributed by atoms with Crippen molar-refractivity contribution in [3.05, 3.63) is 0 Å². The average Bonchev–Trinajstić information content (AvgIpc) is 2.49. The molecule has 2 saturated heterocycles. The van der Waals surface area contributed by atoms with Crippen LogP contribution in [0.1, 0.15) is 39.0 Å². The molecule has 0 aromatic heterocycles. The molecule has 0 N–H and O–H groups in total. The SMILES string of the molecule is COC(C)OC(=O)N1C2CCCC1CC2. The number of carbonyl (C=O) groups is 1. The van der Waals surface area contributed by atoms with E-state index in [1.54, 1.807) is 14.0 Å². The van der Waals surface area contributed by atoms with Crippen molar-refractivity contribution in [1.29, 1.82) is 0 Å². The maximum Gasteiger partial charge on any atom is 0.412 e. The van der Waals surface area contributed by atoms with Crippen LogP contribution in [0.25, 0.3) is 0 Å². The molecule has 2 aliphatic heterocycles. The van der Waals surface area contributed by atoms with Crippen LogP contribution in [-0.4, -0.2) is 36.5 Å². The van der Waals surface area contributed by atoms with Gasteiger partial charge in [-0.3, -0.25) is 0 Å². The zero-order chi connectivity index (χ0) is 10.8. The number of ether oxygens (including phenoxy) is 2. The van der Waals surface area contributed by atoms with Gasteiger partial charge >= 0.3 is 6.09 Å². The highest BCUT2D eigenvalue weighted by molar-refractivity contribution is 5.69. The zero-order valence-corrected chi connectivity index (χ0v) is 9.44. The number of piperidine rings is 1. The molecule has 86 valence electrons. The molecular formula is C11H19NO3. The molecule has 0 spiro atoms. The fraction of sp³-hybridized carbons (Fsp3) is 0.909. The van der Waals surface area contributed by atoms with Crippen LogP contribution in [0.3, 0.4) is 0 Å². The zero-order valence-electron chi connectivity index (χ0n) is 9.44. The van der Waals surface area contributed by atoms with Crippen molar-refractivity contribution in [3.8, 4) is 0 Å². The second-order valence-corrected chi connectivity index (χ2v) is 4.41. The van der Waals surface area contributed by atoms with E-state index < -0.39 is 6.29 Å². The average molecular weight is 213 g/mol. The molecule has 2 fully saturated rings. The molecule has 2 aliphatic rings. The maximum absolute atomic E-state index is 11.9. The predicted octanol–water partition coefficient (Wildman–Crippen LogP) is 2.13. The molecule has 15 heavy (non-hydrogen) atoms. The summed E-state index contributed by atoms with van der Waals surface area (Å²) in [5, 5.41) is 0. The van der Waals surface area contributed by atoms with E-state index in [-0.39, 0.29) is 6.09 Å². The fourth-order valence-electron chi connectivity index (χ4n) is 2.67. The highest BCUT2D eigenvalue weighted by atomic mass is 16.7. The Morgan fingerprint density at radius 2 is 1.87 bits per heavy atom. The first-order valence-electron chi connectivity index (χ1n) is 5.74. The number of nitrogens with zero attached hydrogens (tertiary/aromatic N) is 1. The third kappa shape index (κ3) is 2.09. The van der Waals surface area contributed by atoms with E-state index in [2.05, 4.69) is 0 Å². The van der Waals surface area contributed by atoms with Gasteiger partial charge in [0.05, 0.1) is 0 Å². The van der Waals surface area contributed by atoms with Crippen molar-refractivity contribution in [2.24, 2.45) is 0 Å². The van der Waals surface area contributed by atoms with Gasteiger partial charge in [0.25, 0.3) is 0 Å². The largest absolute Gasteiger partial charge is 0.420 e. The molecule has 3 atom stereocenters. The van der Waals surface area contributed by atoms with Gasteiger partial charge in [0.15, 0.2) is 0 Å². The van der Waals surface area contributed by atoms with Crippen molar-refractivity contribution < 1.29 is 14.3 Å². The topological polar surface area (TPSA) is 38.8 Å². The summed E-state index contributed by atoms with van der Waals surface area (Å²) in [4.78, 5) is 13.8. The summed E-state index contributed by atoms with van der Waals surface area (Å²) in [6.07, 6.45) is 5.15. The smallest absolute Gasteiger partial charge is 0.412 e. The molecule has 0 radical (unpaired) electrons. The van der Waals surface area contributed by atoms with Gasteiger partial charge in [-0.15, -0.1) is 0 Å². The molecule has 0 aromatic rings. The standard InChI is InChI=1S/C11H19NO3/c1-8(14-2)15-11(13)12-9-4-3-5-10(12)7-6-9/h8-10H,3-7H2,1-2H3. The molecule has 0 aromatic carbocycles. The van der Waals surface area contributed by atoms with Gasteiger partial charge in [0.2, 0.25) is 6.29 Å². The third-order valence-electron chi connectivity index (χ3n) is 3.50. The second-order valence-electron chi connectivity index (χ2n) is 4.41. The molecule has 1 amide bonds. The van der Waals surface area contributed by atoms with Crippen LogP contribution >= 0.6 is 0 Å². The Bertz CT molecular complexity index is 228. The maximum atomic E-state index is 11.9. The summed E-state index contributed by atoms with van der Waals surface area (Å²) in [6, 6.07) is 0.834. The monoisotopic (exact) mass is 213 g/mol. The van der Waals surface area contributed by atoms with E-state index in [1.807, 2.05) is 4.90 Å². The lowest BCUT2D eigenvalue weighted by Crippen LogP contribution is -2.45. The Morgan fingerprint density at radius 3 is 2.40 bits per heavy atom. The van der Waals surface area contributed by atoms with E-state index in [4.69, 9.17) is 9.47 Å². The lowest BCUT2D eigenvalue weighted by molar-refractivity contribution is -0.0830. The lowest BCUT2D eigenvalue weighted by atomic mass is 10.0. The first-order chi connectivity index (χ1) is 7.22. The first kappa shape index (κ1) is 10.7. The van der Waals surface area contributed by atoms with Gasteiger partial charge in [-0.2, -0.15) is 0 Å². The van der Waals surface area contributed by atoms with Gasteiger partial charge in [0.1, 0.15) is 0 Å². The Balaban J connectivity index is 1.95. The summed E-state index contributed by atoms with van der Waals surface area (Å²) in [5.74, 6) is 0. The summed E-state index contributed by atoms with van der Waals surface area (Å²) < 4.78 is 10.1. The summed E-state index contributed by atoms with van der Waals surface area (Å²) in [7, 11) is 1.54. The van der Waals surface area contributed by atoms with Crippen LogP contribution in [-0.2, 0) is 9.47 Å². The van der Waals surface area contributed by atoms with Gasteiger partial charge in [-0.05, 0) is 39.0 Å². The number of hydrogen-bond acceptors (Lipinski definition) is 3. The van der Waals surface area contributed by atoms with Gasteiger partial charge in [-0.25, -0.2) is 4.79 Å². The predicted molar refractivity (Wildman–Crippen MR) is 55.5 cm³/mol. The first-order valence-corrected chi connectivity index (χ1v) is 5.74. The Kier molecular flexibility index (Phi) is 3.14. The van der Waals surface area contributed by atoms with Crippen molar-refractivity contribution in [2.75, 3.05) is 7.11 Å². The molecule has 3 unspecified atom stereocenters. The van der Waals surface area contributed by atoms with Crippen LogP contribution in [0.15, 0.2) is 0 Å². The molecule has 4 heteroatoms. The number of carbonyl (C=O) groups excluding carboxylic acids is 1. The van der Waals surface area contributed by atoms with E-state index in [1.165, 1.54) is 6.42 Å². The summed E-state index contributed by atoms with van der Waals surface area (Å²) in [6.45, 7) is 1.74. The molecule has 2 rings (SSSR count). The van der Waals surface area contributed by atoms with Gasteiger partial charge < -0.3 is 14.4 Å². The molecule has 4 nitrogen and oxygen atoms in total. The normalized spacial score (nSPS) is 31.5. The number of hydrogen-bond donors (Lipinski definition) is 0. The van der Waals surface area contributed by atoms with Crippen molar-refractivity contribution in [2.45, 2.75) is 57.4 Å². The van der Waals surface area contributed by atoms with Gasteiger partial charge in [-0.1, -0.05) is 0 Å². The molecule has 2 heterocycles. The molecular weight excluding hydrogens is 194 g/mol. The Hall–Kier alpha value is -0.770. The highest BCUT2D eigenvalue weighted by Gasteiger charge is 2.40. The van der Waals surface area contributed by atoms with E-state index in [0.29, 0.717) is 12.1 Å². The van der Waals surface area contributed by atoms with Crippen molar-refractivity contribution in [3.63, 3.8) is 0 Å². The van der Waals surface area contributed by atoms with Gasteiger partial charge in [0, 0.05) is 19.2 Å². The third-order valence-corrected chi connectivity index (χ3v) is 3.50. The Morgan fingerprint density at radius 1 is 1.27 bits per heavy atom. The minimum atomic E-state index is -0.446. The highest BCUT2D eigenvalue weighted by Crippen LogP contribution is 2.35. The number of rotatable bonds is 2. The number of fused-ring (bicyclic) bond motifs is 2. The Labute approximate surface area is 90.5 Å². The van der Waals surface area contributed by atoms with Crippen molar-refractivity contribution in [1.82, 2.24) is 4.90 Å². The van der Waals surface area contributed by atoms with Crippen LogP contribution in [0.4, 0.5) is 4.79 Å². The van der Waals surface area contributed by atoms with Crippen LogP contribution in [0.2, 0.25) is 0 Å². The number of amides is 1. The summed E-state index contributed by atoms with van der Waals surface area (Å²) in [5.41, 5.74) is 0. The quantitative estimate of drug-likeness (QED) is 0.660. The molecule has 2 bridgehead atoms. The molecule has 0 aliphatic carbocycles. The summed E-state index contributed by atoms with van der Waals surface area (Å²) >= 11 is 0. The van der Waals surface area contributed by atoms with Crippen LogP contribution < -0.4 is 0 Å². The number of methoxy groups -OCH3 is 1. The minimum absolute atomic E-state index is 0.198.